The average Bonchev–Trinajstić information content (AvgIpc) is 2.07. The zero-order valence-corrected chi connectivity index (χ0v) is 8.84. The summed E-state index contributed by atoms with van der Waals surface area (Å²) >= 11 is 0. The molecular weight excluding hydrogens is 158 g/mol. The third kappa shape index (κ3) is 3.40. The van der Waals surface area contributed by atoms with Crippen molar-refractivity contribution in [2.75, 3.05) is 0 Å². The molecule has 74 valence electrons. The average molecular weight is 179 g/mol. The van der Waals surface area contributed by atoms with Crippen LogP contribution in [0.15, 0.2) is 0 Å². The molecule has 1 aliphatic rings. The van der Waals surface area contributed by atoms with E-state index in [1.54, 1.807) is 0 Å². The van der Waals surface area contributed by atoms with E-state index in [0.717, 1.165) is 12.3 Å². The molecule has 1 nitrogen and oxygen atoms in total. The fraction of sp³-hybridized carbons (Fsp3) is 0.833. The number of hydrogen-bond acceptors (Lipinski definition) is 1. The van der Waals surface area contributed by atoms with Gasteiger partial charge in [-0.1, -0.05) is 32.1 Å². The van der Waals surface area contributed by atoms with Gasteiger partial charge in [0.1, 0.15) is 0 Å². The zero-order valence-electron chi connectivity index (χ0n) is 8.84. The molecule has 0 radical (unpaired) electrons. The normalized spacial score (nSPS) is 21.6. The van der Waals surface area contributed by atoms with Gasteiger partial charge in [0.2, 0.25) is 0 Å². The van der Waals surface area contributed by atoms with E-state index < -0.39 is 0 Å². The molecule has 1 saturated carbocycles. The lowest BCUT2D eigenvalue weighted by Gasteiger charge is -2.29. The molecule has 0 aromatic carbocycles. The highest BCUT2D eigenvalue weighted by molar-refractivity contribution is 4.98. The maximum absolute atomic E-state index is 5.40. The van der Waals surface area contributed by atoms with Gasteiger partial charge >= 0.3 is 0 Å². The molecule has 2 unspecified atom stereocenters. The SMILES string of the molecule is C#CC(CC)NC(C)CC1CCC1. The van der Waals surface area contributed by atoms with Gasteiger partial charge in [0.05, 0.1) is 6.04 Å². The molecule has 0 aromatic rings. The second-order valence-corrected chi connectivity index (χ2v) is 4.23. The van der Waals surface area contributed by atoms with Gasteiger partial charge in [0.15, 0.2) is 0 Å². The number of terminal acetylenes is 1. The van der Waals surface area contributed by atoms with Crippen molar-refractivity contribution in [2.24, 2.45) is 5.92 Å². The predicted molar refractivity (Wildman–Crippen MR) is 57.5 cm³/mol. The minimum absolute atomic E-state index is 0.273. The van der Waals surface area contributed by atoms with Gasteiger partial charge < -0.3 is 5.32 Å². The van der Waals surface area contributed by atoms with Crippen LogP contribution in [0.5, 0.6) is 0 Å². The Kier molecular flexibility index (Phi) is 4.32. The molecule has 0 aliphatic heterocycles. The van der Waals surface area contributed by atoms with Crippen molar-refractivity contribution in [2.45, 2.75) is 58.0 Å². The third-order valence-corrected chi connectivity index (χ3v) is 3.01. The molecule has 13 heavy (non-hydrogen) atoms. The van der Waals surface area contributed by atoms with Crippen LogP contribution in [0.4, 0.5) is 0 Å². The summed E-state index contributed by atoms with van der Waals surface area (Å²) in [6.45, 7) is 4.38. The van der Waals surface area contributed by atoms with Crippen molar-refractivity contribution in [1.82, 2.24) is 5.32 Å². The molecule has 1 aliphatic carbocycles. The molecule has 0 spiro atoms. The van der Waals surface area contributed by atoms with E-state index in [1.165, 1.54) is 25.7 Å². The first-order valence-electron chi connectivity index (χ1n) is 5.48. The van der Waals surface area contributed by atoms with Crippen LogP contribution in [-0.4, -0.2) is 12.1 Å². The van der Waals surface area contributed by atoms with Crippen LogP contribution in [-0.2, 0) is 0 Å². The minimum atomic E-state index is 0.273. The minimum Gasteiger partial charge on any atom is -0.301 e. The first kappa shape index (κ1) is 10.6. The quantitative estimate of drug-likeness (QED) is 0.640. The summed E-state index contributed by atoms with van der Waals surface area (Å²) in [5.74, 6) is 3.75. The third-order valence-electron chi connectivity index (χ3n) is 3.01. The van der Waals surface area contributed by atoms with Gasteiger partial charge in [-0.3, -0.25) is 0 Å². The van der Waals surface area contributed by atoms with E-state index >= 15 is 0 Å². The first-order valence-corrected chi connectivity index (χ1v) is 5.48. The highest BCUT2D eigenvalue weighted by Crippen LogP contribution is 2.30. The van der Waals surface area contributed by atoms with E-state index in [1.807, 2.05) is 0 Å². The molecule has 1 fully saturated rings. The Labute approximate surface area is 82.3 Å². The Hall–Kier alpha value is -0.480. The fourth-order valence-electron chi connectivity index (χ4n) is 1.92. The van der Waals surface area contributed by atoms with E-state index in [4.69, 9.17) is 6.42 Å². The van der Waals surface area contributed by atoms with Crippen LogP contribution >= 0.6 is 0 Å². The highest BCUT2D eigenvalue weighted by atomic mass is 14.9. The van der Waals surface area contributed by atoms with Crippen molar-refractivity contribution in [1.29, 1.82) is 0 Å². The van der Waals surface area contributed by atoms with E-state index in [-0.39, 0.29) is 6.04 Å². The number of rotatable bonds is 5. The summed E-state index contributed by atoms with van der Waals surface area (Å²) in [5, 5.41) is 3.48. The summed E-state index contributed by atoms with van der Waals surface area (Å²) in [7, 11) is 0. The van der Waals surface area contributed by atoms with Crippen LogP contribution in [0.3, 0.4) is 0 Å². The molecule has 0 bridgehead atoms. The lowest BCUT2D eigenvalue weighted by atomic mass is 9.81. The molecule has 1 N–H and O–H groups in total. The topological polar surface area (TPSA) is 12.0 Å². The summed E-state index contributed by atoms with van der Waals surface area (Å²) in [4.78, 5) is 0. The molecule has 2 atom stereocenters. The van der Waals surface area contributed by atoms with Crippen molar-refractivity contribution in [3.63, 3.8) is 0 Å². The Morgan fingerprint density at radius 3 is 2.62 bits per heavy atom. The van der Waals surface area contributed by atoms with Crippen molar-refractivity contribution < 1.29 is 0 Å². The van der Waals surface area contributed by atoms with Crippen molar-refractivity contribution in [3.8, 4) is 12.3 Å². The summed E-state index contributed by atoms with van der Waals surface area (Å²) in [5.41, 5.74) is 0. The molecule has 0 aromatic heterocycles. The van der Waals surface area contributed by atoms with Gasteiger partial charge in [0.25, 0.3) is 0 Å². The van der Waals surface area contributed by atoms with Crippen LogP contribution in [0.25, 0.3) is 0 Å². The summed E-state index contributed by atoms with van der Waals surface area (Å²) in [6, 6.07) is 0.862. The van der Waals surface area contributed by atoms with Crippen LogP contribution in [0.1, 0.15) is 46.0 Å². The lowest BCUT2D eigenvalue weighted by molar-refractivity contribution is 0.262. The van der Waals surface area contributed by atoms with Gasteiger partial charge in [-0.05, 0) is 25.7 Å². The number of hydrogen-bond donors (Lipinski definition) is 1. The van der Waals surface area contributed by atoms with Crippen molar-refractivity contribution in [3.05, 3.63) is 0 Å². The van der Waals surface area contributed by atoms with Crippen LogP contribution < -0.4 is 5.32 Å². The Bertz CT molecular complexity index is 176. The predicted octanol–water partition coefficient (Wildman–Crippen LogP) is 2.57. The zero-order chi connectivity index (χ0) is 9.68. The van der Waals surface area contributed by atoms with E-state index in [2.05, 4.69) is 25.1 Å². The summed E-state index contributed by atoms with van der Waals surface area (Å²) in [6.07, 6.45) is 12.0. The molecule has 0 amide bonds. The maximum atomic E-state index is 5.40. The molecule has 1 heteroatoms. The summed E-state index contributed by atoms with van der Waals surface area (Å²) < 4.78 is 0. The Morgan fingerprint density at radius 1 is 1.54 bits per heavy atom. The molecule has 0 saturated heterocycles. The van der Waals surface area contributed by atoms with Gasteiger partial charge in [-0.25, -0.2) is 0 Å². The molecule has 1 rings (SSSR count). The smallest absolute Gasteiger partial charge is 0.0686 e. The van der Waals surface area contributed by atoms with Gasteiger partial charge in [0, 0.05) is 6.04 Å². The van der Waals surface area contributed by atoms with Gasteiger partial charge in [-0.2, -0.15) is 0 Å². The first-order chi connectivity index (χ1) is 6.26. The van der Waals surface area contributed by atoms with E-state index in [9.17, 15) is 0 Å². The highest BCUT2D eigenvalue weighted by Gasteiger charge is 2.20. The Balaban J connectivity index is 2.15. The monoisotopic (exact) mass is 179 g/mol. The number of nitrogens with one attached hydrogen (secondary N) is 1. The van der Waals surface area contributed by atoms with E-state index in [0.29, 0.717) is 6.04 Å². The largest absolute Gasteiger partial charge is 0.301 e. The van der Waals surface area contributed by atoms with Crippen molar-refractivity contribution >= 4 is 0 Å². The lowest BCUT2D eigenvalue weighted by Crippen LogP contribution is -2.37. The van der Waals surface area contributed by atoms with Crippen LogP contribution in [0.2, 0.25) is 0 Å². The second-order valence-electron chi connectivity index (χ2n) is 4.23. The molecular formula is C12H21N. The Morgan fingerprint density at radius 2 is 2.23 bits per heavy atom. The van der Waals surface area contributed by atoms with Gasteiger partial charge in [-0.15, -0.1) is 6.42 Å². The molecule has 0 heterocycles. The maximum Gasteiger partial charge on any atom is 0.0686 e. The van der Waals surface area contributed by atoms with Crippen LogP contribution in [0, 0.1) is 18.3 Å². The standard InChI is InChI=1S/C12H21N/c1-4-12(5-2)13-10(3)9-11-7-6-8-11/h1,10-13H,5-9H2,2-3H3. The second kappa shape index (κ2) is 5.29. The fourth-order valence-corrected chi connectivity index (χ4v) is 1.92.